The first kappa shape index (κ1) is 6.08. The Morgan fingerprint density at radius 3 is 2.44 bits per heavy atom. The molecule has 0 spiro atoms. The highest BCUT2D eigenvalue weighted by atomic mass is 15.4. The monoisotopic (exact) mass is 122 g/mol. The second kappa shape index (κ2) is 2.49. The highest BCUT2D eigenvalue weighted by Crippen LogP contribution is 2.00. The van der Waals surface area contributed by atoms with Gasteiger partial charge in [0.05, 0.1) is 0 Å². The maximum atomic E-state index is 4.06. The Morgan fingerprint density at radius 2 is 2.11 bits per heavy atom. The van der Waals surface area contributed by atoms with Crippen LogP contribution in [0.5, 0.6) is 0 Å². The lowest BCUT2D eigenvalue weighted by atomic mass is 10.4. The van der Waals surface area contributed by atoms with Gasteiger partial charge in [0.1, 0.15) is 5.71 Å². The summed E-state index contributed by atoms with van der Waals surface area (Å²) in [5.41, 5.74) is 5.23. The number of allylic oxidation sites excluding steroid dienone is 2. The molecule has 0 saturated carbocycles. The molecule has 0 aromatic heterocycles. The lowest BCUT2D eigenvalue weighted by Crippen LogP contribution is -2.04. The summed E-state index contributed by atoms with van der Waals surface area (Å²) in [6, 6.07) is 0. The van der Waals surface area contributed by atoms with Gasteiger partial charge in [-0.05, 0) is 6.08 Å². The van der Waals surface area contributed by atoms with Crippen LogP contribution in [-0.2, 0) is 0 Å². The zero-order valence-corrected chi connectivity index (χ0v) is 5.70. The summed E-state index contributed by atoms with van der Waals surface area (Å²) in [5, 5.41) is 0. The molecule has 0 aliphatic carbocycles. The average molecular weight is 122 g/mol. The third kappa shape index (κ3) is 1.42. The average Bonchev–Trinajstić information content (AvgIpc) is 1.90. The van der Waals surface area contributed by atoms with Gasteiger partial charge in [-0.1, -0.05) is 6.08 Å². The molecule has 0 aromatic rings. The maximum absolute atomic E-state index is 4.06. The van der Waals surface area contributed by atoms with E-state index < -0.39 is 0 Å². The zero-order chi connectivity index (χ0) is 6.69. The van der Waals surface area contributed by atoms with Gasteiger partial charge in [0.25, 0.3) is 0 Å². The molecule has 2 heteroatoms. The van der Waals surface area contributed by atoms with E-state index in [1.54, 1.807) is 6.20 Å². The normalized spacial score (nSPS) is 15.6. The van der Waals surface area contributed by atoms with Gasteiger partial charge in [-0.3, -0.25) is 0 Å². The summed E-state index contributed by atoms with van der Waals surface area (Å²) < 4.78 is 1.83. The van der Waals surface area contributed by atoms with Crippen LogP contribution in [0.4, 0.5) is 0 Å². The van der Waals surface area contributed by atoms with E-state index in [1.807, 2.05) is 36.9 Å². The molecule has 1 rings (SSSR count). The third-order valence-corrected chi connectivity index (χ3v) is 1.07. The minimum absolute atomic E-state index is 1.18. The Morgan fingerprint density at radius 1 is 1.33 bits per heavy atom. The predicted octanol–water partition coefficient (Wildman–Crippen LogP) is 1.81. The molecule has 0 bridgehead atoms. The smallest absolute Gasteiger partial charge is 0.164 e. The Balaban J connectivity index is 2.78. The van der Waals surface area contributed by atoms with Gasteiger partial charge in [-0.15, -0.1) is 6.20 Å². The molecule has 0 radical (unpaired) electrons. The molecule has 0 saturated heterocycles. The van der Waals surface area contributed by atoms with Gasteiger partial charge in [0.2, 0.25) is 0 Å². The van der Waals surface area contributed by atoms with E-state index in [4.69, 9.17) is 0 Å². The van der Waals surface area contributed by atoms with Crippen LogP contribution < -0.4 is 0 Å². The van der Waals surface area contributed by atoms with Gasteiger partial charge in [0, 0.05) is 13.8 Å². The third-order valence-electron chi connectivity index (χ3n) is 1.07. The number of hydrogen-bond donors (Lipinski definition) is 0. The predicted molar refractivity (Wildman–Crippen MR) is 38.3 cm³/mol. The van der Waals surface area contributed by atoms with Gasteiger partial charge in [0.15, 0.2) is 6.20 Å². The summed E-state index contributed by atoms with van der Waals surface area (Å²) in [6.07, 6.45) is 7.56. The molecule has 0 atom stereocenters. The Bertz CT molecular complexity index is 183. The molecule has 0 fully saturated rings. The van der Waals surface area contributed by atoms with Crippen LogP contribution in [0, 0.1) is 0 Å². The molecule has 9 heavy (non-hydrogen) atoms. The molecular weight excluding hydrogens is 112 g/mol. The highest BCUT2D eigenvalue weighted by molar-refractivity contribution is 5.74. The van der Waals surface area contributed by atoms with Crippen molar-refractivity contribution in [2.24, 2.45) is 0 Å². The van der Waals surface area contributed by atoms with Crippen LogP contribution in [0.1, 0.15) is 13.8 Å². The Hall–Kier alpha value is -1.05. The van der Waals surface area contributed by atoms with Crippen molar-refractivity contribution in [1.29, 1.82) is 0 Å². The first-order valence-electron chi connectivity index (χ1n) is 2.94. The number of hydrogen-bond acceptors (Lipinski definition) is 0. The zero-order valence-electron chi connectivity index (χ0n) is 5.70. The van der Waals surface area contributed by atoms with Gasteiger partial charge in [-0.2, -0.15) is 0 Å². The molecule has 2 nitrogen and oxygen atoms in total. The quantitative estimate of drug-likeness (QED) is 0.436. The van der Waals surface area contributed by atoms with E-state index in [0.29, 0.717) is 0 Å². The standard InChI is InChI=1S/C7H10N2/c1-7(2)9-6-4-3-5-8-9/h3-6H,1-2H3. The van der Waals surface area contributed by atoms with Crippen molar-refractivity contribution < 1.29 is 4.68 Å². The molecule has 0 amide bonds. The van der Waals surface area contributed by atoms with Crippen molar-refractivity contribution in [1.82, 2.24) is 0 Å². The van der Waals surface area contributed by atoms with Crippen molar-refractivity contribution >= 4 is 5.71 Å². The largest absolute Gasteiger partial charge is 0.413 e. The molecule has 0 aromatic carbocycles. The van der Waals surface area contributed by atoms with Gasteiger partial charge >= 0.3 is 0 Å². The lowest BCUT2D eigenvalue weighted by molar-refractivity contribution is -0.398. The highest BCUT2D eigenvalue weighted by Gasteiger charge is 1.90. The summed E-state index contributed by atoms with van der Waals surface area (Å²) in [5.74, 6) is 0. The number of nitrogens with zero attached hydrogens (tertiary/aromatic N) is 2. The Kier molecular flexibility index (Phi) is 1.68. The molecular formula is C7H10N2. The topological polar surface area (TPSA) is 17.1 Å². The Labute approximate surface area is 55.2 Å². The second-order valence-corrected chi connectivity index (χ2v) is 2.09. The van der Waals surface area contributed by atoms with Crippen molar-refractivity contribution in [2.45, 2.75) is 13.8 Å². The van der Waals surface area contributed by atoms with Crippen molar-refractivity contribution in [3.63, 3.8) is 0 Å². The fourth-order valence-electron chi connectivity index (χ4n) is 0.594. The maximum Gasteiger partial charge on any atom is 0.164 e. The SMILES string of the molecule is CC(C)=[N+]1C=CC=C[N-]1. The van der Waals surface area contributed by atoms with Crippen LogP contribution in [0.3, 0.4) is 0 Å². The second-order valence-electron chi connectivity index (χ2n) is 2.09. The number of rotatable bonds is 0. The molecule has 1 aliphatic heterocycles. The first-order chi connectivity index (χ1) is 4.30. The van der Waals surface area contributed by atoms with Crippen molar-refractivity contribution in [3.05, 3.63) is 30.0 Å². The minimum Gasteiger partial charge on any atom is -0.413 e. The minimum atomic E-state index is 1.18. The molecule has 0 N–H and O–H groups in total. The van der Waals surface area contributed by atoms with Crippen LogP contribution in [0.15, 0.2) is 24.6 Å². The van der Waals surface area contributed by atoms with E-state index in [9.17, 15) is 0 Å². The van der Waals surface area contributed by atoms with Crippen molar-refractivity contribution in [3.8, 4) is 0 Å². The van der Waals surface area contributed by atoms with E-state index >= 15 is 0 Å². The van der Waals surface area contributed by atoms with Gasteiger partial charge in [-0.25, -0.2) is 4.68 Å². The summed E-state index contributed by atoms with van der Waals surface area (Å²) >= 11 is 0. The fraction of sp³-hybridized carbons (Fsp3) is 0.286. The first-order valence-corrected chi connectivity index (χ1v) is 2.94. The van der Waals surface area contributed by atoms with E-state index in [2.05, 4.69) is 5.43 Å². The van der Waals surface area contributed by atoms with Crippen LogP contribution in [0.25, 0.3) is 5.43 Å². The molecule has 1 heterocycles. The summed E-state index contributed by atoms with van der Waals surface area (Å²) in [4.78, 5) is 0. The van der Waals surface area contributed by atoms with Crippen LogP contribution in [-0.4, -0.2) is 10.4 Å². The van der Waals surface area contributed by atoms with E-state index in [1.165, 1.54) is 5.71 Å². The molecule has 0 unspecified atom stereocenters. The molecule has 1 aliphatic rings. The lowest BCUT2D eigenvalue weighted by Gasteiger charge is -2.12. The molecule has 48 valence electrons. The van der Waals surface area contributed by atoms with E-state index in [-0.39, 0.29) is 0 Å². The van der Waals surface area contributed by atoms with Crippen LogP contribution >= 0.6 is 0 Å². The summed E-state index contributed by atoms with van der Waals surface area (Å²) in [6.45, 7) is 4.04. The van der Waals surface area contributed by atoms with Crippen LogP contribution in [0.2, 0.25) is 0 Å². The summed E-state index contributed by atoms with van der Waals surface area (Å²) in [7, 11) is 0. The van der Waals surface area contributed by atoms with E-state index in [0.717, 1.165) is 0 Å². The van der Waals surface area contributed by atoms with Crippen molar-refractivity contribution in [2.75, 3.05) is 0 Å². The van der Waals surface area contributed by atoms with Gasteiger partial charge < -0.3 is 5.43 Å². The fourth-order valence-corrected chi connectivity index (χ4v) is 0.594.